The fraction of sp³-hybridized carbons (Fsp3) is 0.500. The molecular formula is C12H18BrNO4S. The van der Waals surface area contributed by atoms with E-state index in [0.29, 0.717) is 23.1 Å². The van der Waals surface area contributed by atoms with Gasteiger partial charge in [-0.1, -0.05) is 15.9 Å². The first-order valence-electron chi connectivity index (χ1n) is 5.87. The molecule has 7 heteroatoms. The number of rotatable bonds is 7. The molecule has 0 aliphatic heterocycles. The standard InChI is InChI=1S/C12H18BrNO4S/c1-9(4-3-7-15)14-19(16,17)12-8-10(13)5-6-11(12)18-2/h5-6,8-9,14-15H,3-4,7H2,1-2H3. The van der Waals surface area contributed by atoms with Crippen LogP contribution in [-0.4, -0.2) is 33.3 Å². The number of ether oxygens (including phenoxy) is 1. The molecule has 1 atom stereocenters. The Morgan fingerprint density at radius 1 is 1.47 bits per heavy atom. The SMILES string of the molecule is COc1ccc(Br)cc1S(=O)(=O)NC(C)CCCO. The van der Waals surface area contributed by atoms with Crippen molar-refractivity contribution < 1.29 is 18.3 Å². The third-order valence-corrected chi connectivity index (χ3v) is 4.67. The molecule has 0 saturated heterocycles. The summed E-state index contributed by atoms with van der Waals surface area (Å²) in [5.41, 5.74) is 0. The second kappa shape index (κ2) is 7.23. The first-order chi connectivity index (χ1) is 8.90. The summed E-state index contributed by atoms with van der Waals surface area (Å²) in [7, 11) is -2.21. The van der Waals surface area contributed by atoms with Crippen molar-refractivity contribution in [2.24, 2.45) is 0 Å². The molecule has 2 N–H and O–H groups in total. The fourth-order valence-electron chi connectivity index (χ4n) is 1.65. The van der Waals surface area contributed by atoms with Crippen molar-refractivity contribution in [1.82, 2.24) is 4.72 Å². The quantitative estimate of drug-likeness (QED) is 0.786. The minimum absolute atomic E-state index is 0.0479. The Morgan fingerprint density at radius 3 is 2.74 bits per heavy atom. The molecule has 1 aromatic carbocycles. The fourth-order valence-corrected chi connectivity index (χ4v) is 3.63. The lowest BCUT2D eigenvalue weighted by atomic mass is 10.2. The second-order valence-corrected chi connectivity index (χ2v) is 6.78. The monoisotopic (exact) mass is 351 g/mol. The van der Waals surface area contributed by atoms with Crippen LogP contribution in [0.1, 0.15) is 19.8 Å². The summed E-state index contributed by atoms with van der Waals surface area (Å²) < 4.78 is 32.8. The number of nitrogens with one attached hydrogen (secondary N) is 1. The van der Waals surface area contributed by atoms with Gasteiger partial charge in [0.15, 0.2) is 0 Å². The number of aliphatic hydroxyl groups excluding tert-OH is 1. The van der Waals surface area contributed by atoms with Crippen molar-refractivity contribution in [1.29, 1.82) is 0 Å². The summed E-state index contributed by atoms with van der Waals surface area (Å²) in [6.07, 6.45) is 1.13. The van der Waals surface area contributed by atoms with Gasteiger partial charge in [0.05, 0.1) is 7.11 Å². The van der Waals surface area contributed by atoms with Gasteiger partial charge in [0.1, 0.15) is 10.6 Å². The van der Waals surface area contributed by atoms with E-state index < -0.39 is 10.0 Å². The molecule has 0 radical (unpaired) electrons. The third-order valence-electron chi connectivity index (χ3n) is 2.57. The highest BCUT2D eigenvalue weighted by Crippen LogP contribution is 2.27. The molecule has 5 nitrogen and oxygen atoms in total. The Labute approximate surface area is 122 Å². The highest BCUT2D eigenvalue weighted by atomic mass is 79.9. The Balaban J connectivity index is 2.96. The van der Waals surface area contributed by atoms with E-state index >= 15 is 0 Å². The van der Waals surface area contributed by atoms with Gasteiger partial charge in [0.2, 0.25) is 10.0 Å². The third kappa shape index (κ3) is 4.76. The predicted molar refractivity (Wildman–Crippen MR) is 76.8 cm³/mol. The lowest BCUT2D eigenvalue weighted by Gasteiger charge is -2.15. The van der Waals surface area contributed by atoms with Crippen LogP contribution in [0, 0.1) is 0 Å². The number of methoxy groups -OCH3 is 1. The van der Waals surface area contributed by atoms with Crippen LogP contribution in [0.15, 0.2) is 27.6 Å². The summed E-state index contributed by atoms with van der Waals surface area (Å²) in [5.74, 6) is 0.296. The summed E-state index contributed by atoms with van der Waals surface area (Å²) in [6, 6.07) is 4.56. The first kappa shape index (κ1) is 16.4. The molecule has 0 saturated carbocycles. The number of benzene rings is 1. The molecule has 0 aliphatic carbocycles. The van der Waals surface area contributed by atoms with Crippen LogP contribution < -0.4 is 9.46 Å². The van der Waals surface area contributed by atoms with Gasteiger partial charge < -0.3 is 9.84 Å². The molecule has 0 amide bonds. The molecule has 0 aromatic heterocycles. The van der Waals surface area contributed by atoms with E-state index in [-0.39, 0.29) is 17.5 Å². The minimum Gasteiger partial charge on any atom is -0.495 e. The lowest BCUT2D eigenvalue weighted by Crippen LogP contribution is -2.33. The number of halogens is 1. The zero-order valence-electron chi connectivity index (χ0n) is 10.9. The second-order valence-electron chi connectivity index (χ2n) is 4.18. The molecule has 1 rings (SSSR count). The molecule has 0 spiro atoms. The van der Waals surface area contributed by atoms with Crippen LogP contribution >= 0.6 is 15.9 Å². The van der Waals surface area contributed by atoms with Crippen LogP contribution in [-0.2, 0) is 10.0 Å². The maximum Gasteiger partial charge on any atom is 0.244 e. The van der Waals surface area contributed by atoms with Crippen LogP contribution in [0.3, 0.4) is 0 Å². The van der Waals surface area contributed by atoms with Crippen molar-refractivity contribution >= 4 is 26.0 Å². The van der Waals surface area contributed by atoms with Crippen LogP contribution in [0.25, 0.3) is 0 Å². The van der Waals surface area contributed by atoms with E-state index in [1.807, 2.05) is 0 Å². The van der Waals surface area contributed by atoms with E-state index in [1.54, 1.807) is 19.1 Å². The Morgan fingerprint density at radius 2 is 2.16 bits per heavy atom. The smallest absolute Gasteiger partial charge is 0.244 e. The lowest BCUT2D eigenvalue weighted by molar-refractivity contribution is 0.279. The number of hydrogen-bond acceptors (Lipinski definition) is 4. The average molecular weight is 352 g/mol. The highest BCUT2D eigenvalue weighted by Gasteiger charge is 2.21. The van der Waals surface area contributed by atoms with Crippen LogP contribution in [0.4, 0.5) is 0 Å². The minimum atomic E-state index is -3.64. The molecule has 0 bridgehead atoms. The number of hydrogen-bond donors (Lipinski definition) is 2. The molecule has 0 aliphatic rings. The average Bonchev–Trinajstić information content (AvgIpc) is 2.35. The zero-order valence-corrected chi connectivity index (χ0v) is 13.3. The summed E-state index contributed by atoms with van der Waals surface area (Å²) in [5, 5.41) is 8.75. The van der Waals surface area contributed by atoms with Gasteiger partial charge in [0.25, 0.3) is 0 Å². The number of sulfonamides is 1. The van der Waals surface area contributed by atoms with E-state index in [0.717, 1.165) is 0 Å². The van der Waals surface area contributed by atoms with Gasteiger partial charge in [-0.05, 0) is 38.0 Å². The van der Waals surface area contributed by atoms with Gasteiger partial charge in [-0.2, -0.15) is 0 Å². The molecule has 1 unspecified atom stereocenters. The topological polar surface area (TPSA) is 75.6 Å². The highest BCUT2D eigenvalue weighted by molar-refractivity contribution is 9.10. The van der Waals surface area contributed by atoms with Gasteiger partial charge in [-0.3, -0.25) is 0 Å². The van der Waals surface area contributed by atoms with E-state index in [9.17, 15) is 8.42 Å². The molecule has 19 heavy (non-hydrogen) atoms. The van der Waals surface area contributed by atoms with Crippen molar-refractivity contribution in [2.45, 2.75) is 30.7 Å². The van der Waals surface area contributed by atoms with Crippen molar-refractivity contribution in [3.63, 3.8) is 0 Å². The largest absolute Gasteiger partial charge is 0.495 e. The first-order valence-corrected chi connectivity index (χ1v) is 8.15. The maximum atomic E-state index is 12.3. The Kier molecular flexibility index (Phi) is 6.25. The van der Waals surface area contributed by atoms with Crippen LogP contribution in [0.2, 0.25) is 0 Å². The molecule has 0 fully saturated rings. The van der Waals surface area contributed by atoms with Crippen molar-refractivity contribution in [3.05, 3.63) is 22.7 Å². The normalized spacial score (nSPS) is 13.3. The van der Waals surface area contributed by atoms with Gasteiger partial charge in [-0.25, -0.2) is 13.1 Å². The van der Waals surface area contributed by atoms with Crippen molar-refractivity contribution in [2.75, 3.05) is 13.7 Å². The molecular weight excluding hydrogens is 334 g/mol. The molecule has 0 heterocycles. The maximum absolute atomic E-state index is 12.3. The van der Waals surface area contributed by atoms with E-state index in [4.69, 9.17) is 9.84 Å². The van der Waals surface area contributed by atoms with E-state index in [1.165, 1.54) is 13.2 Å². The van der Waals surface area contributed by atoms with Gasteiger partial charge >= 0.3 is 0 Å². The zero-order chi connectivity index (χ0) is 14.5. The van der Waals surface area contributed by atoms with Crippen LogP contribution in [0.5, 0.6) is 5.75 Å². The number of aliphatic hydroxyl groups is 1. The van der Waals surface area contributed by atoms with Gasteiger partial charge in [-0.15, -0.1) is 0 Å². The van der Waals surface area contributed by atoms with Gasteiger partial charge in [0, 0.05) is 17.1 Å². The Hall–Kier alpha value is -0.630. The molecule has 1 aromatic rings. The Bertz CT molecular complexity index is 518. The van der Waals surface area contributed by atoms with E-state index in [2.05, 4.69) is 20.7 Å². The predicted octanol–water partition coefficient (Wildman–Crippen LogP) is 1.90. The summed E-state index contributed by atoms with van der Waals surface area (Å²) in [4.78, 5) is 0.0974. The molecule has 108 valence electrons. The van der Waals surface area contributed by atoms with Crippen molar-refractivity contribution in [3.8, 4) is 5.75 Å². The summed E-state index contributed by atoms with van der Waals surface area (Å²) >= 11 is 3.25. The summed E-state index contributed by atoms with van der Waals surface area (Å²) in [6.45, 7) is 1.81.